The van der Waals surface area contributed by atoms with Crippen molar-refractivity contribution >= 4 is 11.8 Å². The maximum atomic E-state index is 12.3. The van der Waals surface area contributed by atoms with Gasteiger partial charge in [0.05, 0.1) is 6.04 Å². The largest absolute Gasteiger partial charge is 0.454 e. The van der Waals surface area contributed by atoms with Crippen molar-refractivity contribution in [3.63, 3.8) is 0 Å². The molecule has 0 aromatic heterocycles. The SMILES string of the molecule is CC(=O)N(CC(=O)NCc1ccc2c(c1)OCO2)C(C)c1ccccc1. The Labute approximate surface area is 152 Å². The van der Waals surface area contributed by atoms with E-state index in [1.165, 1.54) is 6.92 Å². The van der Waals surface area contributed by atoms with Crippen LogP contribution in [0.2, 0.25) is 0 Å². The molecule has 0 fully saturated rings. The fraction of sp³-hybridized carbons (Fsp3) is 0.300. The summed E-state index contributed by atoms with van der Waals surface area (Å²) in [5.74, 6) is 1.04. The van der Waals surface area contributed by atoms with Crippen molar-refractivity contribution in [2.45, 2.75) is 26.4 Å². The first kappa shape index (κ1) is 17.8. The van der Waals surface area contributed by atoms with Gasteiger partial charge in [-0.1, -0.05) is 36.4 Å². The summed E-state index contributed by atoms with van der Waals surface area (Å²) in [6.07, 6.45) is 0. The summed E-state index contributed by atoms with van der Waals surface area (Å²) in [5, 5.41) is 2.85. The third kappa shape index (κ3) is 4.14. The van der Waals surface area contributed by atoms with Gasteiger partial charge < -0.3 is 19.7 Å². The minimum absolute atomic E-state index is 0.00987. The molecule has 1 aliphatic rings. The highest BCUT2D eigenvalue weighted by Crippen LogP contribution is 2.32. The number of rotatable bonds is 6. The van der Waals surface area contributed by atoms with Crippen LogP contribution in [-0.4, -0.2) is 30.1 Å². The van der Waals surface area contributed by atoms with Gasteiger partial charge in [0.1, 0.15) is 6.54 Å². The summed E-state index contributed by atoms with van der Waals surface area (Å²) < 4.78 is 10.6. The molecule has 2 aromatic carbocycles. The van der Waals surface area contributed by atoms with Crippen molar-refractivity contribution in [1.82, 2.24) is 10.2 Å². The van der Waals surface area contributed by atoms with E-state index in [2.05, 4.69) is 5.32 Å². The molecular formula is C20H22N2O4. The second-order valence-electron chi connectivity index (χ2n) is 6.20. The topological polar surface area (TPSA) is 67.9 Å². The molecular weight excluding hydrogens is 332 g/mol. The molecule has 1 aliphatic heterocycles. The van der Waals surface area contributed by atoms with Crippen molar-refractivity contribution in [2.24, 2.45) is 0 Å². The van der Waals surface area contributed by atoms with Crippen LogP contribution in [0.1, 0.15) is 31.0 Å². The van der Waals surface area contributed by atoms with Crippen molar-refractivity contribution in [2.75, 3.05) is 13.3 Å². The Balaban J connectivity index is 1.59. The lowest BCUT2D eigenvalue weighted by atomic mass is 10.1. The second kappa shape index (κ2) is 7.91. The van der Waals surface area contributed by atoms with Gasteiger partial charge in [0.25, 0.3) is 0 Å². The van der Waals surface area contributed by atoms with E-state index in [9.17, 15) is 9.59 Å². The number of carbonyl (C=O) groups excluding carboxylic acids is 2. The smallest absolute Gasteiger partial charge is 0.239 e. The van der Waals surface area contributed by atoms with E-state index < -0.39 is 0 Å². The van der Waals surface area contributed by atoms with E-state index >= 15 is 0 Å². The number of nitrogens with one attached hydrogen (secondary N) is 1. The molecule has 0 aliphatic carbocycles. The number of hydrogen-bond donors (Lipinski definition) is 1. The normalized spacial score (nSPS) is 13.2. The Morgan fingerprint density at radius 3 is 2.58 bits per heavy atom. The van der Waals surface area contributed by atoms with Crippen LogP contribution in [0.4, 0.5) is 0 Å². The zero-order chi connectivity index (χ0) is 18.5. The van der Waals surface area contributed by atoms with Crippen LogP contribution in [0.15, 0.2) is 48.5 Å². The Morgan fingerprint density at radius 1 is 1.12 bits per heavy atom. The van der Waals surface area contributed by atoms with Crippen LogP contribution < -0.4 is 14.8 Å². The molecule has 6 nitrogen and oxygen atoms in total. The monoisotopic (exact) mass is 354 g/mol. The van der Waals surface area contributed by atoms with Crippen LogP contribution in [0, 0.1) is 0 Å². The third-order valence-electron chi connectivity index (χ3n) is 4.39. The first-order valence-electron chi connectivity index (χ1n) is 8.52. The highest BCUT2D eigenvalue weighted by molar-refractivity contribution is 5.84. The summed E-state index contributed by atoms with van der Waals surface area (Å²) in [6, 6.07) is 15.0. The molecule has 0 radical (unpaired) electrons. The van der Waals surface area contributed by atoms with Crippen LogP contribution in [0.5, 0.6) is 11.5 Å². The highest BCUT2D eigenvalue weighted by atomic mass is 16.7. The van der Waals surface area contributed by atoms with Crippen molar-refractivity contribution in [3.05, 3.63) is 59.7 Å². The minimum Gasteiger partial charge on any atom is -0.454 e. The van der Waals surface area contributed by atoms with Crippen molar-refractivity contribution in [1.29, 1.82) is 0 Å². The van der Waals surface area contributed by atoms with Crippen LogP contribution in [0.3, 0.4) is 0 Å². The minimum atomic E-state index is -0.208. The molecule has 1 N–H and O–H groups in total. The molecule has 1 atom stereocenters. The number of amides is 2. The highest BCUT2D eigenvalue weighted by Gasteiger charge is 2.21. The Bertz CT molecular complexity index is 792. The van der Waals surface area contributed by atoms with Gasteiger partial charge in [-0.2, -0.15) is 0 Å². The summed E-state index contributed by atoms with van der Waals surface area (Å²) >= 11 is 0. The number of ether oxygens (including phenoxy) is 2. The molecule has 2 aromatic rings. The van der Waals surface area contributed by atoms with Gasteiger partial charge in [-0.25, -0.2) is 0 Å². The van der Waals surface area contributed by atoms with Crippen LogP contribution >= 0.6 is 0 Å². The van der Waals surface area contributed by atoms with Crippen LogP contribution in [0.25, 0.3) is 0 Å². The number of fused-ring (bicyclic) bond motifs is 1. The van der Waals surface area contributed by atoms with E-state index in [4.69, 9.17) is 9.47 Å². The molecule has 1 unspecified atom stereocenters. The van der Waals surface area contributed by atoms with E-state index in [1.807, 2.05) is 55.5 Å². The van der Waals surface area contributed by atoms with E-state index in [0.717, 1.165) is 11.1 Å². The number of carbonyl (C=O) groups is 2. The molecule has 0 saturated heterocycles. The van der Waals surface area contributed by atoms with Gasteiger partial charge in [0.15, 0.2) is 11.5 Å². The Kier molecular flexibility index (Phi) is 5.41. The van der Waals surface area contributed by atoms with Gasteiger partial charge in [-0.15, -0.1) is 0 Å². The van der Waals surface area contributed by atoms with Crippen molar-refractivity contribution in [3.8, 4) is 11.5 Å². The summed E-state index contributed by atoms with van der Waals surface area (Å²) in [4.78, 5) is 25.9. The maximum Gasteiger partial charge on any atom is 0.239 e. The number of nitrogens with zero attached hydrogens (tertiary/aromatic N) is 1. The first-order valence-corrected chi connectivity index (χ1v) is 8.52. The molecule has 0 saturated carbocycles. The zero-order valence-electron chi connectivity index (χ0n) is 14.9. The van der Waals surface area contributed by atoms with E-state index in [0.29, 0.717) is 18.0 Å². The standard InChI is InChI=1S/C20H22N2O4/c1-14(17-6-4-3-5-7-17)22(15(2)23)12-20(24)21-11-16-8-9-18-19(10-16)26-13-25-18/h3-10,14H,11-13H2,1-2H3,(H,21,24). The quantitative estimate of drug-likeness (QED) is 0.866. The summed E-state index contributed by atoms with van der Waals surface area (Å²) in [6.45, 7) is 3.99. The van der Waals surface area contributed by atoms with Gasteiger partial charge in [-0.05, 0) is 30.2 Å². The summed E-state index contributed by atoms with van der Waals surface area (Å²) in [7, 11) is 0. The Hall–Kier alpha value is -3.02. The molecule has 6 heteroatoms. The van der Waals surface area contributed by atoms with Crippen molar-refractivity contribution < 1.29 is 19.1 Å². The molecule has 26 heavy (non-hydrogen) atoms. The predicted octanol–water partition coefficient (Wildman–Crippen LogP) is 2.64. The van der Waals surface area contributed by atoms with Gasteiger partial charge in [-0.3, -0.25) is 9.59 Å². The first-order chi connectivity index (χ1) is 12.5. The molecule has 1 heterocycles. The molecule has 2 amide bonds. The molecule has 3 rings (SSSR count). The van der Waals surface area contributed by atoms with E-state index in [1.54, 1.807) is 4.90 Å². The molecule has 0 bridgehead atoms. The third-order valence-corrected chi connectivity index (χ3v) is 4.39. The average molecular weight is 354 g/mol. The molecule has 0 spiro atoms. The Morgan fingerprint density at radius 2 is 1.85 bits per heavy atom. The number of benzene rings is 2. The lowest BCUT2D eigenvalue weighted by Crippen LogP contribution is -2.40. The zero-order valence-corrected chi connectivity index (χ0v) is 14.9. The maximum absolute atomic E-state index is 12.3. The fourth-order valence-electron chi connectivity index (χ4n) is 2.89. The number of hydrogen-bond acceptors (Lipinski definition) is 4. The lowest BCUT2D eigenvalue weighted by Gasteiger charge is -2.28. The van der Waals surface area contributed by atoms with Gasteiger partial charge in [0, 0.05) is 13.5 Å². The summed E-state index contributed by atoms with van der Waals surface area (Å²) in [5.41, 5.74) is 1.90. The van der Waals surface area contributed by atoms with Gasteiger partial charge in [0.2, 0.25) is 18.6 Å². The van der Waals surface area contributed by atoms with Crippen LogP contribution in [-0.2, 0) is 16.1 Å². The van der Waals surface area contributed by atoms with E-state index in [-0.39, 0.29) is 31.2 Å². The lowest BCUT2D eigenvalue weighted by molar-refractivity contribution is -0.136. The van der Waals surface area contributed by atoms with Gasteiger partial charge >= 0.3 is 0 Å². The second-order valence-corrected chi connectivity index (χ2v) is 6.20. The average Bonchev–Trinajstić information content (AvgIpc) is 3.12. The predicted molar refractivity (Wildman–Crippen MR) is 96.7 cm³/mol. The fourth-order valence-corrected chi connectivity index (χ4v) is 2.89. The molecule has 136 valence electrons.